The van der Waals surface area contributed by atoms with Crippen molar-refractivity contribution in [2.45, 2.75) is 32.8 Å². The first-order valence-corrected chi connectivity index (χ1v) is 6.99. The second-order valence-corrected chi connectivity index (χ2v) is 5.95. The zero-order valence-corrected chi connectivity index (χ0v) is 11.8. The van der Waals surface area contributed by atoms with E-state index in [4.69, 9.17) is 0 Å². The van der Waals surface area contributed by atoms with Crippen molar-refractivity contribution in [3.05, 3.63) is 35.4 Å². The maximum absolute atomic E-state index is 10.1. The van der Waals surface area contributed by atoms with Gasteiger partial charge in [0.2, 0.25) is 0 Å². The molecule has 1 aromatic rings. The molecular formula is C16H25NO. The van der Waals surface area contributed by atoms with Gasteiger partial charge in [0, 0.05) is 13.1 Å². The molecule has 0 aliphatic heterocycles. The molecule has 1 aliphatic carbocycles. The summed E-state index contributed by atoms with van der Waals surface area (Å²) in [5.74, 6) is 1.81. The maximum atomic E-state index is 10.1. The van der Waals surface area contributed by atoms with E-state index in [0.717, 1.165) is 30.4 Å². The van der Waals surface area contributed by atoms with Gasteiger partial charge < -0.3 is 10.0 Å². The van der Waals surface area contributed by atoms with Crippen LogP contribution in [-0.4, -0.2) is 30.1 Å². The number of hydrogen-bond acceptors (Lipinski definition) is 2. The minimum absolute atomic E-state index is 0.329. The fourth-order valence-corrected chi connectivity index (χ4v) is 2.44. The third kappa shape index (κ3) is 3.82. The van der Waals surface area contributed by atoms with E-state index in [2.05, 4.69) is 37.9 Å². The van der Waals surface area contributed by atoms with Crippen LogP contribution in [0.2, 0.25) is 0 Å². The molecule has 3 unspecified atom stereocenters. The van der Waals surface area contributed by atoms with Crippen molar-refractivity contribution in [3.63, 3.8) is 0 Å². The highest BCUT2D eigenvalue weighted by Gasteiger charge is 2.32. The largest absolute Gasteiger partial charge is 0.388 e. The third-order valence-corrected chi connectivity index (χ3v) is 4.07. The zero-order chi connectivity index (χ0) is 13.1. The van der Waals surface area contributed by atoms with E-state index in [9.17, 15) is 5.11 Å². The molecule has 1 aliphatic rings. The first kappa shape index (κ1) is 13.6. The van der Waals surface area contributed by atoms with E-state index >= 15 is 0 Å². The highest BCUT2D eigenvalue weighted by atomic mass is 16.3. The molecule has 2 heteroatoms. The average Bonchev–Trinajstić information content (AvgIpc) is 3.02. The molecular weight excluding hydrogens is 222 g/mol. The van der Waals surface area contributed by atoms with Gasteiger partial charge in [-0.05, 0) is 44.2 Å². The predicted molar refractivity (Wildman–Crippen MR) is 75.5 cm³/mol. The normalized spacial score (nSPS) is 24.3. The van der Waals surface area contributed by atoms with E-state index in [1.165, 1.54) is 18.5 Å². The molecule has 2 nitrogen and oxygen atoms in total. The Balaban J connectivity index is 1.73. The van der Waals surface area contributed by atoms with E-state index in [-0.39, 0.29) is 6.10 Å². The Morgan fingerprint density at radius 3 is 2.50 bits per heavy atom. The Labute approximate surface area is 111 Å². The highest BCUT2D eigenvalue weighted by molar-refractivity contribution is 5.22. The number of rotatable bonds is 6. The first-order chi connectivity index (χ1) is 8.56. The second kappa shape index (κ2) is 5.85. The quantitative estimate of drug-likeness (QED) is 0.835. The molecule has 2 rings (SSSR count). The summed E-state index contributed by atoms with van der Waals surface area (Å²) in [6.07, 6.45) is 1.87. The number of hydrogen-bond donors (Lipinski definition) is 1. The summed E-state index contributed by atoms with van der Waals surface area (Å²) in [6.45, 7) is 6.54. The van der Waals surface area contributed by atoms with Crippen molar-refractivity contribution >= 4 is 0 Å². The van der Waals surface area contributed by atoms with Crippen LogP contribution in [0.25, 0.3) is 0 Å². The number of nitrogens with zero attached hydrogens (tertiary/aromatic N) is 1. The molecule has 1 N–H and O–H groups in total. The van der Waals surface area contributed by atoms with Crippen molar-refractivity contribution in [2.24, 2.45) is 11.8 Å². The van der Waals surface area contributed by atoms with Crippen molar-refractivity contribution in [1.82, 2.24) is 4.90 Å². The molecule has 1 saturated carbocycles. The van der Waals surface area contributed by atoms with Gasteiger partial charge in [-0.1, -0.05) is 36.8 Å². The van der Waals surface area contributed by atoms with E-state index in [1.54, 1.807) is 0 Å². The highest BCUT2D eigenvalue weighted by Crippen LogP contribution is 2.38. The van der Waals surface area contributed by atoms with Crippen molar-refractivity contribution < 1.29 is 5.11 Å². The SMILES string of the molecule is Cc1ccc(C(O)CCN(C)CC2CC2C)cc1. The summed E-state index contributed by atoms with van der Waals surface area (Å²) < 4.78 is 0. The van der Waals surface area contributed by atoms with Gasteiger partial charge in [-0.15, -0.1) is 0 Å². The van der Waals surface area contributed by atoms with Gasteiger partial charge in [-0.2, -0.15) is 0 Å². The van der Waals surface area contributed by atoms with Crippen molar-refractivity contribution in [3.8, 4) is 0 Å². The van der Waals surface area contributed by atoms with Crippen LogP contribution < -0.4 is 0 Å². The van der Waals surface area contributed by atoms with Crippen LogP contribution in [0, 0.1) is 18.8 Å². The van der Waals surface area contributed by atoms with Gasteiger partial charge in [0.15, 0.2) is 0 Å². The summed E-state index contributed by atoms with van der Waals surface area (Å²) >= 11 is 0. The molecule has 0 radical (unpaired) electrons. The summed E-state index contributed by atoms with van der Waals surface area (Å²) in [7, 11) is 2.16. The molecule has 100 valence electrons. The summed E-state index contributed by atoms with van der Waals surface area (Å²) in [5, 5.41) is 10.1. The molecule has 0 heterocycles. The second-order valence-electron chi connectivity index (χ2n) is 5.95. The number of aliphatic hydroxyl groups excluding tert-OH is 1. The summed E-state index contributed by atoms with van der Waals surface area (Å²) in [5.41, 5.74) is 2.28. The molecule has 0 saturated heterocycles. The van der Waals surface area contributed by atoms with E-state index in [1.807, 2.05) is 12.1 Å². The van der Waals surface area contributed by atoms with E-state index in [0.29, 0.717) is 0 Å². The van der Waals surface area contributed by atoms with E-state index < -0.39 is 0 Å². The molecule has 0 bridgehead atoms. The third-order valence-electron chi connectivity index (χ3n) is 4.07. The Hall–Kier alpha value is -0.860. The molecule has 0 aromatic heterocycles. The minimum Gasteiger partial charge on any atom is -0.388 e. The Kier molecular flexibility index (Phi) is 4.41. The predicted octanol–water partition coefficient (Wildman–Crippen LogP) is 3.01. The molecule has 18 heavy (non-hydrogen) atoms. The topological polar surface area (TPSA) is 23.5 Å². The molecule has 1 fully saturated rings. The lowest BCUT2D eigenvalue weighted by molar-refractivity contribution is 0.147. The Morgan fingerprint density at radius 2 is 1.94 bits per heavy atom. The molecule has 1 aromatic carbocycles. The Bertz CT molecular complexity index is 373. The van der Waals surface area contributed by atoms with Crippen LogP contribution in [-0.2, 0) is 0 Å². The molecule has 0 spiro atoms. The van der Waals surface area contributed by atoms with Crippen molar-refractivity contribution in [1.29, 1.82) is 0 Å². The zero-order valence-electron chi connectivity index (χ0n) is 11.8. The number of aliphatic hydroxyl groups is 1. The average molecular weight is 247 g/mol. The standard InChI is InChI=1S/C16H25NO/c1-12-4-6-14(7-5-12)16(18)8-9-17(3)11-15-10-13(15)2/h4-7,13,15-16,18H,8-11H2,1-3H3. The van der Waals surface area contributed by atoms with Gasteiger partial charge in [0.05, 0.1) is 6.10 Å². The Morgan fingerprint density at radius 1 is 1.33 bits per heavy atom. The van der Waals surface area contributed by atoms with Crippen molar-refractivity contribution in [2.75, 3.05) is 20.1 Å². The van der Waals surface area contributed by atoms with Crippen LogP contribution in [0.3, 0.4) is 0 Å². The van der Waals surface area contributed by atoms with Gasteiger partial charge >= 0.3 is 0 Å². The minimum atomic E-state index is -0.329. The lowest BCUT2D eigenvalue weighted by atomic mass is 10.0. The van der Waals surface area contributed by atoms with Crippen LogP contribution in [0.15, 0.2) is 24.3 Å². The maximum Gasteiger partial charge on any atom is 0.0802 e. The smallest absolute Gasteiger partial charge is 0.0802 e. The molecule has 0 amide bonds. The van der Waals surface area contributed by atoms with Gasteiger partial charge in [0.25, 0.3) is 0 Å². The molecule has 3 atom stereocenters. The first-order valence-electron chi connectivity index (χ1n) is 6.99. The van der Waals surface area contributed by atoms with Gasteiger partial charge in [0.1, 0.15) is 0 Å². The van der Waals surface area contributed by atoms with Crippen LogP contribution >= 0.6 is 0 Å². The lowest BCUT2D eigenvalue weighted by Crippen LogP contribution is -2.24. The summed E-state index contributed by atoms with van der Waals surface area (Å²) in [4.78, 5) is 2.35. The fraction of sp³-hybridized carbons (Fsp3) is 0.625. The van der Waals surface area contributed by atoms with Crippen LogP contribution in [0.4, 0.5) is 0 Å². The van der Waals surface area contributed by atoms with Gasteiger partial charge in [-0.3, -0.25) is 0 Å². The van der Waals surface area contributed by atoms with Gasteiger partial charge in [-0.25, -0.2) is 0 Å². The summed E-state index contributed by atoms with van der Waals surface area (Å²) in [6, 6.07) is 8.19. The van der Waals surface area contributed by atoms with Crippen LogP contribution in [0.5, 0.6) is 0 Å². The number of aryl methyl sites for hydroxylation is 1. The van der Waals surface area contributed by atoms with Crippen LogP contribution in [0.1, 0.15) is 37.0 Å². The fourth-order valence-electron chi connectivity index (χ4n) is 2.44. The lowest BCUT2D eigenvalue weighted by Gasteiger charge is -2.19. The monoisotopic (exact) mass is 247 g/mol. The number of benzene rings is 1.